The van der Waals surface area contributed by atoms with Crippen LogP contribution in [0.3, 0.4) is 0 Å². The third-order valence-corrected chi connectivity index (χ3v) is 3.95. The zero-order valence-electron chi connectivity index (χ0n) is 11.8. The number of nitrogens with zero attached hydrogens (tertiary/aromatic N) is 1. The van der Waals surface area contributed by atoms with Crippen LogP contribution < -0.4 is 5.14 Å². The molecule has 0 aliphatic carbocycles. The predicted octanol–water partition coefficient (Wildman–Crippen LogP) is 2.11. The summed E-state index contributed by atoms with van der Waals surface area (Å²) in [6.45, 7) is 4.72. The van der Waals surface area contributed by atoms with Gasteiger partial charge in [-0.15, -0.1) is 0 Å². The van der Waals surface area contributed by atoms with Gasteiger partial charge >= 0.3 is 0 Å². The fraction of sp³-hybridized carbons (Fsp3) is 0.462. The van der Waals surface area contributed by atoms with E-state index in [-0.39, 0.29) is 21.4 Å². The van der Waals surface area contributed by atoms with Gasteiger partial charge in [-0.3, -0.25) is 4.79 Å². The highest BCUT2D eigenvalue weighted by Gasteiger charge is 2.17. The Morgan fingerprint density at radius 1 is 1.35 bits per heavy atom. The highest BCUT2D eigenvalue weighted by atomic mass is 35.5. The van der Waals surface area contributed by atoms with Crippen LogP contribution in [-0.4, -0.2) is 32.8 Å². The number of sulfonamides is 1. The number of carbonyl (C=O) groups is 1. The molecular formula is C13H19ClN2O3S. The molecule has 0 bridgehead atoms. The van der Waals surface area contributed by atoms with Crippen LogP contribution in [-0.2, 0) is 10.0 Å². The van der Waals surface area contributed by atoms with E-state index in [1.54, 1.807) is 11.9 Å². The van der Waals surface area contributed by atoms with E-state index >= 15 is 0 Å². The Morgan fingerprint density at radius 2 is 1.95 bits per heavy atom. The van der Waals surface area contributed by atoms with Crippen LogP contribution in [0.2, 0.25) is 5.02 Å². The van der Waals surface area contributed by atoms with Crippen molar-refractivity contribution in [1.29, 1.82) is 0 Å². The number of halogens is 1. The minimum absolute atomic E-state index is 0.161. The van der Waals surface area contributed by atoms with Gasteiger partial charge in [-0.1, -0.05) is 25.4 Å². The monoisotopic (exact) mass is 318 g/mol. The smallest absolute Gasteiger partial charge is 0.253 e. The summed E-state index contributed by atoms with van der Waals surface area (Å²) >= 11 is 5.84. The molecule has 1 rings (SSSR count). The summed E-state index contributed by atoms with van der Waals surface area (Å²) in [5.74, 6) is 0.197. The molecule has 7 heteroatoms. The second kappa shape index (κ2) is 6.56. The first-order valence-electron chi connectivity index (χ1n) is 6.20. The fourth-order valence-corrected chi connectivity index (χ4v) is 2.51. The lowest BCUT2D eigenvalue weighted by Gasteiger charge is -2.18. The third-order valence-electron chi connectivity index (χ3n) is 2.84. The Labute approximate surface area is 124 Å². The molecule has 0 aromatic heterocycles. The summed E-state index contributed by atoms with van der Waals surface area (Å²) in [4.78, 5) is 13.6. The molecule has 0 unspecified atom stereocenters. The standard InChI is InChI=1S/C13H19ClN2O3S/c1-9(2)4-5-16(3)13(17)10-6-11(14)8-12(7-10)20(15,18)19/h6-9H,4-5H2,1-3H3,(H2,15,18,19). The molecule has 0 atom stereocenters. The zero-order chi connectivity index (χ0) is 15.5. The first-order valence-corrected chi connectivity index (χ1v) is 8.12. The highest BCUT2D eigenvalue weighted by molar-refractivity contribution is 7.89. The quantitative estimate of drug-likeness (QED) is 0.902. The van der Waals surface area contributed by atoms with Crippen LogP contribution in [0.25, 0.3) is 0 Å². The topological polar surface area (TPSA) is 80.5 Å². The second-order valence-corrected chi connectivity index (χ2v) is 7.13. The van der Waals surface area contributed by atoms with Crippen LogP contribution in [0.4, 0.5) is 0 Å². The van der Waals surface area contributed by atoms with Crippen molar-refractivity contribution in [2.24, 2.45) is 11.1 Å². The Kier molecular flexibility index (Phi) is 5.56. The van der Waals surface area contributed by atoms with Gasteiger partial charge in [0.1, 0.15) is 0 Å². The van der Waals surface area contributed by atoms with Crippen molar-refractivity contribution in [2.75, 3.05) is 13.6 Å². The van der Waals surface area contributed by atoms with Crippen LogP contribution >= 0.6 is 11.6 Å². The molecule has 0 saturated heterocycles. The number of benzene rings is 1. The average molecular weight is 319 g/mol. The molecule has 0 fully saturated rings. The number of carbonyl (C=O) groups excluding carboxylic acids is 1. The molecule has 20 heavy (non-hydrogen) atoms. The summed E-state index contributed by atoms with van der Waals surface area (Å²) in [5, 5.41) is 5.22. The van der Waals surface area contributed by atoms with Crippen molar-refractivity contribution in [1.82, 2.24) is 4.90 Å². The van der Waals surface area contributed by atoms with Gasteiger partial charge in [-0.25, -0.2) is 13.6 Å². The molecule has 0 saturated carbocycles. The van der Waals surface area contributed by atoms with E-state index in [9.17, 15) is 13.2 Å². The van der Waals surface area contributed by atoms with Crippen LogP contribution in [0, 0.1) is 5.92 Å². The van der Waals surface area contributed by atoms with Gasteiger partial charge in [0.05, 0.1) is 4.90 Å². The van der Waals surface area contributed by atoms with Gasteiger partial charge < -0.3 is 4.90 Å². The van der Waals surface area contributed by atoms with Gasteiger partial charge in [-0.05, 0) is 30.5 Å². The molecule has 0 heterocycles. The molecule has 5 nitrogen and oxygen atoms in total. The van der Waals surface area contributed by atoms with E-state index in [1.807, 2.05) is 0 Å². The molecule has 0 radical (unpaired) electrons. The summed E-state index contributed by atoms with van der Waals surface area (Å²) in [6.07, 6.45) is 0.866. The van der Waals surface area contributed by atoms with Crippen molar-refractivity contribution in [3.05, 3.63) is 28.8 Å². The largest absolute Gasteiger partial charge is 0.342 e. The van der Waals surface area contributed by atoms with E-state index in [2.05, 4.69) is 13.8 Å². The minimum atomic E-state index is -3.89. The second-order valence-electron chi connectivity index (χ2n) is 5.13. The van der Waals surface area contributed by atoms with E-state index in [1.165, 1.54) is 18.2 Å². The van der Waals surface area contributed by atoms with Crippen molar-refractivity contribution in [2.45, 2.75) is 25.2 Å². The molecule has 0 aliphatic heterocycles. The molecule has 1 aromatic rings. The maximum Gasteiger partial charge on any atom is 0.253 e. The first-order chi connectivity index (χ1) is 9.11. The molecule has 112 valence electrons. The summed E-state index contributed by atoms with van der Waals surface area (Å²) in [6, 6.07) is 3.90. The number of hydrogen-bond acceptors (Lipinski definition) is 3. The first kappa shape index (κ1) is 16.9. The Hall–Kier alpha value is -1.11. The fourth-order valence-electron chi connectivity index (χ4n) is 1.62. The molecule has 0 aliphatic rings. The lowest BCUT2D eigenvalue weighted by molar-refractivity contribution is 0.0789. The maximum absolute atomic E-state index is 12.2. The van der Waals surface area contributed by atoms with E-state index in [4.69, 9.17) is 16.7 Å². The van der Waals surface area contributed by atoms with Crippen LogP contribution in [0.15, 0.2) is 23.1 Å². The van der Waals surface area contributed by atoms with E-state index in [0.29, 0.717) is 12.5 Å². The van der Waals surface area contributed by atoms with Crippen LogP contribution in [0.5, 0.6) is 0 Å². The Bertz CT molecular complexity index is 600. The average Bonchev–Trinajstić information content (AvgIpc) is 2.33. The predicted molar refractivity (Wildman–Crippen MR) is 79.2 cm³/mol. The van der Waals surface area contributed by atoms with Gasteiger partial charge in [-0.2, -0.15) is 0 Å². The Morgan fingerprint density at radius 3 is 2.45 bits per heavy atom. The maximum atomic E-state index is 12.2. The van der Waals surface area contributed by atoms with E-state index < -0.39 is 10.0 Å². The van der Waals surface area contributed by atoms with Crippen molar-refractivity contribution < 1.29 is 13.2 Å². The number of primary sulfonamides is 1. The zero-order valence-corrected chi connectivity index (χ0v) is 13.3. The van der Waals surface area contributed by atoms with Gasteiger partial charge in [0.2, 0.25) is 10.0 Å². The lowest BCUT2D eigenvalue weighted by Crippen LogP contribution is -2.28. The molecule has 1 amide bonds. The van der Waals surface area contributed by atoms with E-state index in [0.717, 1.165) is 6.42 Å². The number of hydrogen-bond donors (Lipinski definition) is 1. The van der Waals surface area contributed by atoms with Crippen molar-refractivity contribution in [3.63, 3.8) is 0 Å². The van der Waals surface area contributed by atoms with Gasteiger partial charge in [0, 0.05) is 24.2 Å². The normalized spacial score (nSPS) is 11.7. The number of nitrogens with two attached hydrogens (primary N) is 1. The van der Waals surface area contributed by atoms with Crippen molar-refractivity contribution in [3.8, 4) is 0 Å². The van der Waals surface area contributed by atoms with Crippen molar-refractivity contribution >= 4 is 27.5 Å². The lowest BCUT2D eigenvalue weighted by atomic mass is 10.1. The molecule has 2 N–H and O–H groups in total. The number of amides is 1. The highest BCUT2D eigenvalue weighted by Crippen LogP contribution is 2.19. The third kappa shape index (κ3) is 4.77. The molecular weight excluding hydrogens is 300 g/mol. The van der Waals surface area contributed by atoms with Gasteiger partial charge in [0.15, 0.2) is 0 Å². The van der Waals surface area contributed by atoms with Gasteiger partial charge in [0.25, 0.3) is 5.91 Å². The SMILES string of the molecule is CC(C)CCN(C)C(=O)c1cc(Cl)cc(S(N)(=O)=O)c1. The molecule has 0 spiro atoms. The Balaban J connectivity index is 3.02. The van der Waals surface area contributed by atoms with Crippen LogP contribution in [0.1, 0.15) is 30.6 Å². The summed E-state index contributed by atoms with van der Waals surface area (Å²) in [5.41, 5.74) is 0.216. The minimum Gasteiger partial charge on any atom is -0.342 e. The molecule has 1 aromatic carbocycles. The summed E-state index contributed by atoms with van der Waals surface area (Å²) in [7, 11) is -2.22. The summed E-state index contributed by atoms with van der Waals surface area (Å²) < 4.78 is 22.7. The number of rotatable bonds is 5.